The zero-order chi connectivity index (χ0) is 14.3. The number of likely N-dealkylation sites (N-methyl/N-ethyl adjacent to an activating group) is 1. The number of aliphatic hydroxyl groups excluding tert-OH is 1. The summed E-state index contributed by atoms with van der Waals surface area (Å²) in [5.41, 5.74) is 0. The lowest BCUT2D eigenvalue weighted by Crippen LogP contribution is -2.45. The van der Waals surface area contributed by atoms with Crippen molar-refractivity contribution in [1.82, 2.24) is 15.3 Å². The van der Waals surface area contributed by atoms with Crippen molar-refractivity contribution in [2.45, 2.75) is 12.5 Å². The summed E-state index contributed by atoms with van der Waals surface area (Å²) in [6.45, 7) is -0.381. The first-order chi connectivity index (χ1) is 9.04. The fourth-order valence-electron chi connectivity index (χ4n) is 1.40. The molecule has 19 heavy (non-hydrogen) atoms. The molecule has 0 spiro atoms. The third-order valence-electron chi connectivity index (χ3n) is 2.33. The SMILES string of the molecule is CN(CC(=O)NC(CCO)C(=O)O)c1ncccn1. The molecule has 8 nitrogen and oxygen atoms in total. The Morgan fingerprint density at radius 1 is 1.42 bits per heavy atom. The zero-order valence-corrected chi connectivity index (χ0v) is 10.5. The largest absolute Gasteiger partial charge is 0.480 e. The van der Waals surface area contributed by atoms with E-state index in [9.17, 15) is 9.59 Å². The van der Waals surface area contributed by atoms with Crippen LogP contribution in [0.4, 0.5) is 5.95 Å². The van der Waals surface area contributed by atoms with Crippen molar-refractivity contribution in [1.29, 1.82) is 0 Å². The molecule has 0 aromatic carbocycles. The molecule has 1 aromatic rings. The Kier molecular flexibility index (Phi) is 5.68. The van der Waals surface area contributed by atoms with Crippen LogP contribution in [0.3, 0.4) is 0 Å². The van der Waals surface area contributed by atoms with Crippen molar-refractivity contribution in [3.05, 3.63) is 18.5 Å². The summed E-state index contributed by atoms with van der Waals surface area (Å²) in [7, 11) is 1.62. The van der Waals surface area contributed by atoms with Crippen LogP contribution in [0.5, 0.6) is 0 Å². The van der Waals surface area contributed by atoms with E-state index in [0.717, 1.165) is 0 Å². The number of carboxylic acids is 1. The van der Waals surface area contributed by atoms with Gasteiger partial charge in [-0.2, -0.15) is 0 Å². The fourth-order valence-corrected chi connectivity index (χ4v) is 1.40. The van der Waals surface area contributed by atoms with E-state index in [1.165, 1.54) is 4.90 Å². The van der Waals surface area contributed by atoms with Crippen molar-refractivity contribution in [2.75, 3.05) is 25.1 Å². The van der Waals surface area contributed by atoms with Gasteiger partial charge in [-0.05, 0) is 6.07 Å². The van der Waals surface area contributed by atoms with Crippen LogP contribution >= 0.6 is 0 Å². The van der Waals surface area contributed by atoms with Gasteiger partial charge in [0.05, 0.1) is 6.54 Å². The number of rotatable bonds is 7. The number of nitrogens with one attached hydrogen (secondary N) is 1. The minimum absolute atomic E-state index is 0.0351. The van der Waals surface area contributed by atoms with E-state index in [0.29, 0.717) is 5.95 Å². The number of carbonyl (C=O) groups is 2. The molecule has 1 aromatic heterocycles. The number of carbonyl (C=O) groups excluding carboxylic acids is 1. The van der Waals surface area contributed by atoms with Gasteiger partial charge in [0, 0.05) is 32.5 Å². The van der Waals surface area contributed by atoms with Crippen molar-refractivity contribution in [2.24, 2.45) is 0 Å². The number of anilines is 1. The lowest BCUT2D eigenvalue weighted by molar-refractivity contribution is -0.142. The van der Waals surface area contributed by atoms with Crippen LogP contribution in [0.2, 0.25) is 0 Å². The molecular formula is C11H16N4O4. The normalized spacial score (nSPS) is 11.7. The summed E-state index contributed by atoms with van der Waals surface area (Å²) < 4.78 is 0. The summed E-state index contributed by atoms with van der Waals surface area (Å²) in [6.07, 6.45) is 3.05. The number of hydrogen-bond donors (Lipinski definition) is 3. The molecule has 0 saturated carbocycles. The topological polar surface area (TPSA) is 116 Å². The highest BCUT2D eigenvalue weighted by Crippen LogP contribution is 2.01. The molecule has 0 saturated heterocycles. The second-order valence-electron chi connectivity index (χ2n) is 3.88. The molecule has 0 fully saturated rings. The number of carboxylic acid groups (broad SMARTS) is 1. The summed E-state index contributed by atoms with van der Waals surface area (Å²) in [6, 6.07) is 0.557. The molecule has 0 aliphatic heterocycles. The summed E-state index contributed by atoms with van der Waals surface area (Å²) in [4.78, 5) is 31.9. The second-order valence-corrected chi connectivity index (χ2v) is 3.88. The summed E-state index contributed by atoms with van der Waals surface area (Å²) >= 11 is 0. The lowest BCUT2D eigenvalue weighted by Gasteiger charge is -2.18. The first-order valence-electron chi connectivity index (χ1n) is 5.65. The molecule has 3 N–H and O–H groups in total. The van der Waals surface area contributed by atoms with Gasteiger partial charge in [0.1, 0.15) is 6.04 Å². The maximum absolute atomic E-state index is 11.7. The van der Waals surface area contributed by atoms with E-state index in [1.54, 1.807) is 25.5 Å². The smallest absolute Gasteiger partial charge is 0.326 e. The standard InChI is InChI=1S/C11H16N4O4/c1-15(11-12-4-2-5-13-11)7-9(17)14-8(3-6-16)10(18)19/h2,4-5,8,16H,3,6-7H2,1H3,(H,14,17)(H,18,19). The molecule has 0 aliphatic rings. The number of aliphatic hydroxyl groups is 1. The number of aromatic nitrogens is 2. The Bertz CT molecular complexity index is 426. The van der Waals surface area contributed by atoms with Gasteiger partial charge < -0.3 is 20.4 Å². The first kappa shape index (κ1) is 14.8. The minimum atomic E-state index is -1.18. The molecule has 0 bridgehead atoms. The highest BCUT2D eigenvalue weighted by Gasteiger charge is 2.20. The maximum atomic E-state index is 11.7. The van der Waals surface area contributed by atoms with Crippen molar-refractivity contribution < 1.29 is 19.8 Å². The molecule has 1 atom stereocenters. The highest BCUT2D eigenvalue weighted by atomic mass is 16.4. The quantitative estimate of drug-likeness (QED) is 0.572. The number of hydrogen-bond acceptors (Lipinski definition) is 6. The van der Waals surface area contributed by atoms with Crippen LogP contribution in [-0.2, 0) is 9.59 Å². The monoisotopic (exact) mass is 268 g/mol. The molecule has 1 heterocycles. The lowest BCUT2D eigenvalue weighted by atomic mass is 10.2. The van der Waals surface area contributed by atoms with Gasteiger partial charge in [0.25, 0.3) is 0 Å². The van der Waals surface area contributed by atoms with E-state index < -0.39 is 17.9 Å². The predicted molar refractivity (Wildman–Crippen MR) is 66.6 cm³/mol. The van der Waals surface area contributed by atoms with Crippen LogP contribution < -0.4 is 10.2 Å². The van der Waals surface area contributed by atoms with Gasteiger partial charge in [-0.15, -0.1) is 0 Å². The van der Waals surface area contributed by atoms with Crippen molar-refractivity contribution in [3.63, 3.8) is 0 Å². The van der Waals surface area contributed by atoms with Crippen LogP contribution in [-0.4, -0.2) is 58.3 Å². The Balaban J connectivity index is 2.52. The summed E-state index contributed by atoms with van der Waals surface area (Å²) in [5, 5.41) is 19.9. The van der Waals surface area contributed by atoms with Gasteiger partial charge in [-0.1, -0.05) is 0 Å². The Hall–Kier alpha value is -2.22. The third-order valence-corrected chi connectivity index (χ3v) is 2.33. The zero-order valence-electron chi connectivity index (χ0n) is 10.5. The van der Waals surface area contributed by atoms with Crippen LogP contribution in [0.1, 0.15) is 6.42 Å². The fraction of sp³-hybridized carbons (Fsp3) is 0.455. The van der Waals surface area contributed by atoms with Crippen molar-refractivity contribution >= 4 is 17.8 Å². The first-order valence-corrected chi connectivity index (χ1v) is 5.65. The Morgan fingerprint density at radius 2 is 2.05 bits per heavy atom. The molecule has 1 amide bonds. The average Bonchev–Trinajstić information content (AvgIpc) is 2.39. The maximum Gasteiger partial charge on any atom is 0.326 e. The number of nitrogens with zero attached hydrogens (tertiary/aromatic N) is 3. The highest BCUT2D eigenvalue weighted by molar-refractivity contribution is 5.86. The van der Waals surface area contributed by atoms with Crippen LogP contribution in [0, 0.1) is 0 Å². The Labute approximate surface area is 110 Å². The van der Waals surface area contributed by atoms with Gasteiger partial charge >= 0.3 is 5.97 Å². The van der Waals surface area contributed by atoms with Gasteiger partial charge in [-0.25, -0.2) is 14.8 Å². The van der Waals surface area contributed by atoms with Gasteiger partial charge in [0.2, 0.25) is 11.9 Å². The average molecular weight is 268 g/mol. The molecule has 0 radical (unpaired) electrons. The van der Waals surface area contributed by atoms with Gasteiger partial charge in [-0.3, -0.25) is 4.79 Å². The molecule has 8 heteroatoms. The minimum Gasteiger partial charge on any atom is -0.480 e. The molecular weight excluding hydrogens is 252 g/mol. The number of aliphatic carboxylic acids is 1. The van der Waals surface area contributed by atoms with E-state index >= 15 is 0 Å². The van der Waals surface area contributed by atoms with E-state index in [2.05, 4.69) is 15.3 Å². The molecule has 1 unspecified atom stereocenters. The van der Waals surface area contributed by atoms with E-state index in [1.807, 2.05) is 0 Å². The van der Waals surface area contributed by atoms with Gasteiger partial charge in [0.15, 0.2) is 0 Å². The third kappa shape index (κ3) is 4.88. The summed E-state index contributed by atoms with van der Waals surface area (Å²) in [5.74, 6) is -1.29. The predicted octanol–water partition coefficient (Wildman–Crippen LogP) is -1.14. The molecule has 1 rings (SSSR count). The second kappa shape index (κ2) is 7.27. The van der Waals surface area contributed by atoms with E-state index in [-0.39, 0.29) is 19.6 Å². The molecule has 0 aliphatic carbocycles. The van der Waals surface area contributed by atoms with Crippen LogP contribution in [0.25, 0.3) is 0 Å². The van der Waals surface area contributed by atoms with E-state index in [4.69, 9.17) is 10.2 Å². The Morgan fingerprint density at radius 3 is 2.58 bits per heavy atom. The number of amides is 1. The van der Waals surface area contributed by atoms with Crippen molar-refractivity contribution in [3.8, 4) is 0 Å². The van der Waals surface area contributed by atoms with Crippen LogP contribution in [0.15, 0.2) is 18.5 Å². The molecule has 104 valence electrons.